The highest BCUT2D eigenvalue weighted by atomic mass is 16.2. The van der Waals surface area contributed by atoms with Gasteiger partial charge in [-0.15, -0.1) is 5.10 Å². The lowest BCUT2D eigenvalue weighted by Gasteiger charge is -2.10. The van der Waals surface area contributed by atoms with Gasteiger partial charge in [-0.1, -0.05) is 18.6 Å². The molecule has 90 valence electrons. The van der Waals surface area contributed by atoms with Crippen LogP contribution < -0.4 is 11.1 Å². The van der Waals surface area contributed by atoms with Crippen molar-refractivity contribution in [2.24, 2.45) is 5.73 Å². The van der Waals surface area contributed by atoms with E-state index in [4.69, 9.17) is 5.73 Å². The maximum absolute atomic E-state index is 11.4. The Hall–Kier alpha value is -1.43. The molecule has 6 heteroatoms. The quantitative estimate of drug-likeness (QED) is 0.635. The van der Waals surface area contributed by atoms with E-state index in [1.807, 2.05) is 6.92 Å². The number of nitrogens with zero attached hydrogens (tertiary/aromatic N) is 3. The van der Waals surface area contributed by atoms with Gasteiger partial charge in [-0.05, 0) is 12.8 Å². The van der Waals surface area contributed by atoms with Gasteiger partial charge in [0.15, 0.2) is 0 Å². The summed E-state index contributed by atoms with van der Waals surface area (Å²) in [7, 11) is 0. The normalized spacial score (nSPS) is 12.4. The number of nitrogens with two attached hydrogens (primary N) is 1. The Labute approximate surface area is 95.2 Å². The van der Waals surface area contributed by atoms with E-state index in [-0.39, 0.29) is 11.9 Å². The lowest BCUT2D eigenvalue weighted by molar-refractivity contribution is -0.122. The molecule has 1 atom stereocenters. The molecule has 0 bridgehead atoms. The first-order chi connectivity index (χ1) is 7.74. The summed E-state index contributed by atoms with van der Waals surface area (Å²) in [6, 6.07) is -0.378. The van der Waals surface area contributed by atoms with Gasteiger partial charge in [0.25, 0.3) is 0 Å². The maximum atomic E-state index is 11.4. The lowest BCUT2D eigenvalue weighted by atomic mass is 10.2. The standard InChI is InChI=1S/C10H19N5O/c1-2-4-9(11)10(16)12-5-3-7-15-8-6-13-14-15/h6,8-9H,2-5,7,11H2,1H3,(H,12,16). The SMILES string of the molecule is CCCC(N)C(=O)NCCCn1ccnn1. The molecule has 0 aliphatic rings. The highest BCUT2D eigenvalue weighted by Crippen LogP contribution is 1.93. The number of amides is 1. The Morgan fingerprint density at radius 3 is 3.06 bits per heavy atom. The number of nitrogens with one attached hydrogen (secondary N) is 1. The molecule has 16 heavy (non-hydrogen) atoms. The van der Waals surface area contributed by atoms with Gasteiger partial charge in [-0.3, -0.25) is 9.48 Å². The van der Waals surface area contributed by atoms with Crippen LogP contribution in [0.1, 0.15) is 26.2 Å². The Bertz CT molecular complexity index is 298. The van der Waals surface area contributed by atoms with E-state index in [0.717, 1.165) is 25.8 Å². The Morgan fingerprint density at radius 1 is 1.62 bits per heavy atom. The summed E-state index contributed by atoms with van der Waals surface area (Å²) in [5.41, 5.74) is 5.66. The van der Waals surface area contributed by atoms with Crippen LogP contribution in [0.15, 0.2) is 12.4 Å². The van der Waals surface area contributed by atoms with E-state index < -0.39 is 0 Å². The molecule has 0 fully saturated rings. The molecule has 1 unspecified atom stereocenters. The van der Waals surface area contributed by atoms with Crippen LogP contribution in [0.2, 0.25) is 0 Å². The molecular formula is C10H19N5O. The summed E-state index contributed by atoms with van der Waals surface area (Å²) in [6.45, 7) is 3.39. The molecular weight excluding hydrogens is 206 g/mol. The molecule has 1 rings (SSSR count). The molecule has 1 aromatic rings. The van der Waals surface area contributed by atoms with Crippen LogP contribution in [0.5, 0.6) is 0 Å². The number of hydrogen-bond donors (Lipinski definition) is 2. The van der Waals surface area contributed by atoms with Crippen LogP contribution in [0.4, 0.5) is 0 Å². The number of hydrogen-bond acceptors (Lipinski definition) is 4. The zero-order chi connectivity index (χ0) is 11.8. The first kappa shape index (κ1) is 12.6. The Kier molecular flexibility index (Phi) is 5.49. The molecule has 0 aliphatic carbocycles. The molecule has 0 spiro atoms. The number of carbonyl (C=O) groups is 1. The van der Waals surface area contributed by atoms with Gasteiger partial charge < -0.3 is 11.1 Å². The van der Waals surface area contributed by atoms with E-state index >= 15 is 0 Å². The van der Waals surface area contributed by atoms with Gasteiger partial charge in [0.05, 0.1) is 12.2 Å². The Balaban J connectivity index is 2.08. The molecule has 0 radical (unpaired) electrons. The van der Waals surface area contributed by atoms with Crippen LogP contribution in [0.25, 0.3) is 0 Å². The number of carbonyl (C=O) groups excluding carboxylic acids is 1. The average molecular weight is 225 g/mol. The van der Waals surface area contributed by atoms with Crippen LogP contribution in [0.3, 0.4) is 0 Å². The zero-order valence-electron chi connectivity index (χ0n) is 9.59. The molecule has 6 nitrogen and oxygen atoms in total. The monoisotopic (exact) mass is 225 g/mol. The molecule has 3 N–H and O–H groups in total. The smallest absolute Gasteiger partial charge is 0.236 e. The summed E-state index contributed by atoms with van der Waals surface area (Å²) >= 11 is 0. The first-order valence-electron chi connectivity index (χ1n) is 5.61. The lowest BCUT2D eigenvalue weighted by Crippen LogP contribution is -2.40. The van der Waals surface area contributed by atoms with Crippen molar-refractivity contribution in [3.63, 3.8) is 0 Å². The third-order valence-corrected chi connectivity index (χ3v) is 2.27. The number of aromatic nitrogens is 3. The third-order valence-electron chi connectivity index (χ3n) is 2.27. The zero-order valence-corrected chi connectivity index (χ0v) is 9.59. The second kappa shape index (κ2) is 6.95. The van der Waals surface area contributed by atoms with E-state index in [2.05, 4.69) is 15.6 Å². The van der Waals surface area contributed by atoms with Crippen molar-refractivity contribution in [2.75, 3.05) is 6.54 Å². The highest BCUT2D eigenvalue weighted by Gasteiger charge is 2.10. The van der Waals surface area contributed by atoms with E-state index in [1.54, 1.807) is 17.1 Å². The van der Waals surface area contributed by atoms with Crippen LogP contribution in [-0.2, 0) is 11.3 Å². The molecule has 0 saturated heterocycles. The Morgan fingerprint density at radius 2 is 2.44 bits per heavy atom. The van der Waals surface area contributed by atoms with Crippen molar-refractivity contribution < 1.29 is 4.79 Å². The first-order valence-corrected chi connectivity index (χ1v) is 5.61. The fraction of sp³-hybridized carbons (Fsp3) is 0.700. The molecule has 1 amide bonds. The number of aryl methyl sites for hydroxylation is 1. The minimum absolute atomic E-state index is 0.0690. The topological polar surface area (TPSA) is 85.8 Å². The van der Waals surface area contributed by atoms with Gasteiger partial charge in [0, 0.05) is 19.3 Å². The highest BCUT2D eigenvalue weighted by molar-refractivity contribution is 5.81. The van der Waals surface area contributed by atoms with Gasteiger partial charge in [-0.2, -0.15) is 0 Å². The molecule has 1 heterocycles. The van der Waals surface area contributed by atoms with Crippen LogP contribution in [-0.4, -0.2) is 33.5 Å². The van der Waals surface area contributed by atoms with E-state index in [0.29, 0.717) is 6.54 Å². The largest absolute Gasteiger partial charge is 0.355 e. The molecule has 0 aromatic carbocycles. The van der Waals surface area contributed by atoms with Crippen LogP contribution >= 0.6 is 0 Å². The minimum atomic E-state index is -0.378. The fourth-order valence-corrected chi connectivity index (χ4v) is 1.38. The van der Waals surface area contributed by atoms with Crippen molar-refractivity contribution >= 4 is 5.91 Å². The second-order valence-corrected chi connectivity index (χ2v) is 3.71. The second-order valence-electron chi connectivity index (χ2n) is 3.71. The molecule has 0 saturated carbocycles. The van der Waals surface area contributed by atoms with Gasteiger partial charge in [0.1, 0.15) is 0 Å². The average Bonchev–Trinajstić information content (AvgIpc) is 2.77. The summed E-state index contributed by atoms with van der Waals surface area (Å²) < 4.78 is 1.73. The van der Waals surface area contributed by atoms with Gasteiger partial charge >= 0.3 is 0 Å². The third kappa shape index (κ3) is 4.39. The fourth-order valence-electron chi connectivity index (χ4n) is 1.38. The van der Waals surface area contributed by atoms with Crippen molar-refractivity contribution in [2.45, 2.75) is 38.8 Å². The minimum Gasteiger partial charge on any atom is -0.355 e. The van der Waals surface area contributed by atoms with Crippen molar-refractivity contribution in [1.82, 2.24) is 20.3 Å². The van der Waals surface area contributed by atoms with Crippen molar-refractivity contribution in [1.29, 1.82) is 0 Å². The van der Waals surface area contributed by atoms with Gasteiger partial charge in [-0.25, -0.2) is 0 Å². The summed E-state index contributed by atoms with van der Waals surface area (Å²) in [6.07, 6.45) is 5.91. The maximum Gasteiger partial charge on any atom is 0.236 e. The summed E-state index contributed by atoms with van der Waals surface area (Å²) in [5.74, 6) is -0.0690. The van der Waals surface area contributed by atoms with Crippen molar-refractivity contribution in [3.8, 4) is 0 Å². The predicted octanol–water partition coefficient (Wildman–Crippen LogP) is -0.0882. The molecule has 1 aromatic heterocycles. The van der Waals surface area contributed by atoms with E-state index in [9.17, 15) is 4.79 Å². The summed E-state index contributed by atoms with van der Waals surface area (Å²) in [4.78, 5) is 11.4. The van der Waals surface area contributed by atoms with E-state index in [1.165, 1.54) is 0 Å². The molecule has 0 aliphatic heterocycles. The van der Waals surface area contributed by atoms with Crippen molar-refractivity contribution in [3.05, 3.63) is 12.4 Å². The van der Waals surface area contributed by atoms with Gasteiger partial charge in [0.2, 0.25) is 5.91 Å². The summed E-state index contributed by atoms with van der Waals surface area (Å²) in [5, 5.41) is 10.3. The van der Waals surface area contributed by atoms with Crippen LogP contribution in [0, 0.1) is 0 Å². The predicted molar refractivity (Wildman–Crippen MR) is 60.5 cm³/mol. The number of rotatable bonds is 7.